The average molecular weight is 414 g/mol. The van der Waals surface area contributed by atoms with E-state index in [1.807, 2.05) is 42.5 Å². The highest BCUT2D eigenvalue weighted by Crippen LogP contribution is 2.35. The molecule has 1 aliphatic carbocycles. The summed E-state index contributed by atoms with van der Waals surface area (Å²) in [6.45, 7) is 1.44. The number of hydrogen-bond acceptors (Lipinski definition) is 3. The third-order valence-electron chi connectivity index (χ3n) is 5.79. The summed E-state index contributed by atoms with van der Waals surface area (Å²) in [6.07, 6.45) is 6.00. The van der Waals surface area contributed by atoms with Crippen molar-refractivity contribution in [2.24, 2.45) is 0 Å². The molecule has 2 fully saturated rings. The Hall–Kier alpha value is -3.47. The van der Waals surface area contributed by atoms with Gasteiger partial charge in [0.15, 0.2) is 0 Å². The molecular formula is C26H27N3O2. The fourth-order valence-corrected chi connectivity index (χ4v) is 3.76. The molecule has 5 rings (SSSR count). The Morgan fingerprint density at radius 1 is 0.903 bits per heavy atom. The van der Waals surface area contributed by atoms with Crippen LogP contribution >= 0.6 is 0 Å². The first-order valence-corrected chi connectivity index (χ1v) is 10.8. The molecular weight excluding hydrogens is 386 g/mol. The number of aromatic nitrogens is 1. The molecule has 5 heteroatoms. The van der Waals surface area contributed by atoms with Crippen LogP contribution in [0.2, 0.25) is 0 Å². The van der Waals surface area contributed by atoms with Crippen molar-refractivity contribution < 1.29 is 9.59 Å². The molecule has 2 amide bonds. The average Bonchev–Trinajstić information content (AvgIpc) is 2.78. The molecule has 5 nitrogen and oxygen atoms in total. The number of piperazine rings is 1. The molecule has 0 spiro atoms. The number of benzene rings is 2. The van der Waals surface area contributed by atoms with Crippen LogP contribution in [0.15, 0.2) is 79.0 Å². The quantitative estimate of drug-likeness (QED) is 0.653. The summed E-state index contributed by atoms with van der Waals surface area (Å²) in [4.78, 5) is 29.0. The predicted molar refractivity (Wildman–Crippen MR) is 121 cm³/mol. The van der Waals surface area contributed by atoms with Gasteiger partial charge in [-0.25, -0.2) is 0 Å². The second-order valence-electron chi connectivity index (χ2n) is 7.94. The highest BCUT2D eigenvalue weighted by Gasteiger charge is 2.25. The molecule has 1 saturated carbocycles. The van der Waals surface area contributed by atoms with Crippen molar-refractivity contribution in [1.29, 1.82) is 0 Å². The Labute approximate surface area is 183 Å². The number of hydrogen-bond donors (Lipinski definition) is 1. The lowest BCUT2D eigenvalue weighted by Crippen LogP contribution is -2.51. The van der Waals surface area contributed by atoms with Gasteiger partial charge in [0, 0.05) is 31.4 Å². The van der Waals surface area contributed by atoms with E-state index in [4.69, 9.17) is 0 Å². The summed E-state index contributed by atoms with van der Waals surface area (Å²) in [5.41, 5.74) is 4.39. The van der Waals surface area contributed by atoms with E-state index in [1.54, 1.807) is 6.20 Å². The number of nitrogens with zero attached hydrogens (tertiary/aromatic N) is 2. The number of amides is 2. The minimum Gasteiger partial charge on any atom is -0.346 e. The molecule has 2 aliphatic rings. The molecule has 31 heavy (non-hydrogen) atoms. The normalized spacial score (nSPS) is 16.1. The fraction of sp³-hybridized carbons (Fsp3) is 0.269. The van der Waals surface area contributed by atoms with E-state index in [-0.39, 0.29) is 0 Å². The lowest BCUT2D eigenvalue weighted by atomic mass is 9.80. The largest absolute Gasteiger partial charge is 0.346 e. The maximum absolute atomic E-state index is 11.7. The van der Waals surface area contributed by atoms with Gasteiger partial charge in [-0.1, -0.05) is 73.2 Å². The van der Waals surface area contributed by atoms with Crippen molar-refractivity contribution in [3.63, 3.8) is 0 Å². The van der Waals surface area contributed by atoms with Crippen molar-refractivity contribution in [2.75, 3.05) is 13.1 Å². The van der Waals surface area contributed by atoms with Gasteiger partial charge >= 0.3 is 11.8 Å². The summed E-state index contributed by atoms with van der Waals surface area (Å²) < 4.78 is 0. The molecule has 2 heterocycles. The second-order valence-corrected chi connectivity index (χ2v) is 7.94. The molecule has 1 saturated heterocycles. The van der Waals surface area contributed by atoms with Gasteiger partial charge in [0.05, 0.1) is 5.69 Å². The van der Waals surface area contributed by atoms with E-state index < -0.39 is 11.8 Å². The van der Waals surface area contributed by atoms with Crippen molar-refractivity contribution in [3.8, 4) is 11.3 Å². The zero-order valence-electron chi connectivity index (χ0n) is 17.5. The first kappa shape index (κ1) is 20.8. The summed E-state index contributed by atoms with van der Waals surface area (Å²) in [6, 6.07) is 24.6. The molecule has 158 valence electrons. The second kappa shape index (κ2) is 10.0. The van der Waals surface area contributed by atoms with Crippen LogP contribution < -0.4 is 5.32 Å². The maximum atomic E-state index is 11.7. The van der Waals surface area contributed by atoms with Crippen molar-refractivity contribution >= 4 is 11.8 Å². The van der Waals surface area contributed by atoms with E-state index >= 15 is 0 Å². The van der Waals surface area contributed by atoms with Gasteiger partial charge in [-0.05, 0) is 36.0 Å². The highest BCUT2D eigenvalue weighted by atomic mass is 16.2. The predicted octanol–water partition coefficient (Wildman–Crippen LogP) is 4.16. The van der Waals surface area contributed by atoms with E-state index in [9.17, 15) is 9.59 Å². The Balaban J connectivity index is 0.000000192. The van der Waals surface area contributed by atoms with Gasteiger partial charge in [-0.2, -0.15) is 0 Å². The minimum atomic E-state index is -0.532. The number of carbonyl (C=O) groups is 2. The Kier molecular flexibility index (Phi) is 6.72. The molecule has 0 radical (unpaired) electrons. The molecule has 1 aromatic heterocycles. The Morgan fingerprint density at radius 2 is 1.61 bits per heavy atom. The zero-order chi connectivity index (χ0) is 21.5. The van der Waals surface area contributed by atoms with Crippen LogP contribution in [0.1, 0.15) is 36.3 Å². The molecule has 2 aromatic carbocycles. The van der Waals surface area contributed by atoms with Crippen LogP contribution in [0.4, 0.5) is 0 Å². The number of rotatable bonds is 4. The van der Waals surface area contributed by atoms with Gasteiger partial charge in [-0.3, -0.25) is 14.6 Å². The van der Waals surface area contributed by atoms with Gasteiger partial charge < -0.3 is 10.2 Å². The van der Waals surface area contributed by atoms with Crippen LogP contribution in [0.5, 0.6) is 0 Å². The van der Waals surface area contributed by atoms with Crippen molar-refractivity contribution in [3.05, 3.63) is 90.1 Å². The lowest BCUT2D eigenvalue weighted by Gasteiger charge is -2.26. The SMILES string of the molecule is O=C1NCCN(Cc2ccc(-c3ccccc3)nc2)C1=O.c1ccc(C2CCC2)cc1. The maximum Gasteiger partial charge on any atom is 0.312 e. The molecule has 3 aromatic rings. The minimum absolute atomic E-state index is 0.411. The third-order valence-corrected chi connectivity index (χ3v) is 5.79. The highest BCUT2D eigenvalue weighted by molar-refractivity contribution is 6.35. The molecule has 1 N–H and O–H groups in total. The van der Waals surface area contributed by atoms with Crippen LogP contribution in [-0.2, 0) is 16.1 Å². The molecule has 0 unspecified atom stereocenters. The fourth-order valence-electron chi connectivity index (χ4n) is 3.76. The molecule has 0 atom stereocenters. The monoisotopic (exact) mass is 413 g/mol. The summed E-state index contributed by atoms with van der Waals surface area (Å²) in [7, 11) is 0. The van der Waals surface area contributed by atoms with Gasteiger partial charge in [0.1, 0.15) is 0 Å². The number of pyridine rings is 1. The zero-order valence-corrected chi connectivity index (χ0v) is 17.5. The summed E-state index contributed by atoms with van der Waals surface area (Å²) in [5, 5.41) is 2.53. The van der Waals surface area contributed by atoms with E-state index in [1.165, 1.54) is 29.7 Å². The van der Waals surface area contributed by atoms with Crippen LogP contribution in [0.3, 0.4) is 0 Å². The number of nitrogens with one attached hydrogen (secondary N) is 1. The van der Waals surface area contributed by atoms with Crippen LogP contribution in [0, 0.1) is 0 Å². The van der Waals surface area contributed by atoms with Crippen LogP contribution in [0.25, 0.3) is 11.3 Å². The summed E-state index contributed by atoms with van der Waals surface area (Å²) >= 11 is 0. The Bertz CT molecular complexity index is 1000. The molecule has 1 aliphatic heterocycles. The lowest BCUT2D eigenvalue weighted by molar-refractivity contribution is -0.148. The van der Waals surface area contributed by atoms with Crippen molar-refractivity contribution in [1.82, 2.24) is 15.2 Å². The van der Waals surface area contributed by atoms with Gasteiger partial charge in [0.25, 0.3) is 0 Å². The van der Waals surface area contributed by atoms with E-state index in [0.29, 0.717) is 19.6 Å². The van der Waals surface area contributed by atoms with Crippen molar-refractivity contribution in [2.45, 2.75) is 31.7 Å². The van der Waals surface area contributed by atoms with Gasteiger partial charge in [-0.15, -0.1) is 0 Å². The van der Waals surface area contributed by atoms with Gasteiger partial charge in [0.2, 0.25) is 0 Å². The van der Waals surface area contributed by atoms with E-state index in [0.717, 1.165) is 22.7 Å². The third kappa shape index (κ3) is 5.37. The topological polar surface area (TPSA) is 62.3 Å². The standard InChI is InChI=1S/C16H15N3O2.C10H12/c20-15-16(21)19(9-8-17-15)11-12-6-7-14(18-10-12)13-4-2-1-3-5-13;1-2-5-9(6-3-1)10-7-4-8-10/h1-7,10H,8-9,11H2,(H,17,20);1-3,5-6,10H,4,7-8H2. The molecule has 0 bridgehead atoms. The summed E-state index contributed by atoms with van der Waals surface area (Å²) in [5.74, 6) is -0.121. The van der Waals surface area contributed by atoms with Crippen LogP contribution in [-0.4, -0.2) is 34.8 Å². The van der Waals surface area contributed by atoms with E-state index in [2.05, 4.69) is 40.6 Å². The first-order valence-electron chi connectivity index (χ1n) is 10.8. The first-order chi connectivity index (χ1) is 15.2. The smallest absolute Gasteiger partial charge is 0.312 e. The Morgan fingerprint density at radius 3 is 2.23 bits per heavy atom. The number of carbonyl (C=O) groups excluding carboxylic acids is 2.